The van der Waals surface area contributed by atoms with Gasteiger partial charge in [-0.3, -0.25) is 0 Å². The Morgan fingerprint density at radius 3 is 1.07 bits per heavy atom. The number of hydrogen-bond donors (Lipinski definition) is 0. The molecule has 0 amide bonds. The first-order chi connectivity index (χ1) is 36.7. The lowest BCUT2D eigenvalue weighted by molar-refractivity contribution is 0.660. The summed E-state index contributed by atoms with van der Waals surface area (Å²) in [5.74, 6) is 0. The Labute approximate surface area is 449 Å². The summed E-state index contributed by atoms with van der Waals surface area (Å²) < 4.78 is 0. The van der Waals surface area contributed by atoms with Crippen LogP contribution in [0.1, 0.15) is 81.1 Å². The molecule has 0 bridgehead atoms. The van der Waals surface area contributed by atoms with E-state index in [9.17, 15) is 0 Å². The standard InChI is InChI=1S/C73H54N2.CH4.H2/c1-71(2)62-29-15-11-24-55(62)59-41-38-51(44-67(59)71)74(48-20-7-5-8-21-48)50-36-34-47(35-37-50)54-28-19-33-66-70(54)61-43-40-53(46-69(61)73(66)64-31-17-13-26-57(64)58-27-14-18-32-65(58)73)75(49-22-9-6-10-23-49)52-39-42-60-56-25-12-16-30-63(56)72(3,4)68(60)45-52;;/h5-46H,1-4H3;1H4;1H. The number of para-hydroxylation sites is 2. The van der Waals surface area contributed by atoms with Crippen LogP contribution in [-0.2, 0) is 16.2 Å². The fraction of sp³-hybridized carbons (Fsp3) is 0.108. The average molecular weight is 977 g/mol. The van der Waals surface area contributed by atoms with Gasteiger partial charge in [-0.1, -0.05) is 217 Å². The molecule has 4 aliphatic rings. The molecular weight excluding hydrogens is 917 g/mol. The highest BCUT2D eigenvalue weighted by molar-refractivity contribution is 6.01. The van der Waals surface area contributed by atoms with E-state index < -0.39 is 5.41 Å². The maximum absolute atomic E-state index is 2.52. The molecule has 0 heterocycles. The van der Waals surface area contributed by atoms with Crippen LogP contribution in [0.3, 0.4) is 0 Å². The second-order valence-corrected chi connectivity index (χ2v) is 22.0. The average Bonchev–Trinajstić information content (AvgIpc) is 3.77. The summed E-state index contributed by atoms with van der Waals surface area (Å²) in [5.41, 5.74) is 29.7. The van der Waals surface area contributed by atoms with Crippen LogP contribution < -0.4 is 9.80 Å². The minimum absolute atomic E-state index is 0. The van der Waals surface area contributed by atoms with Gasteiger partial charge < -0.3 is 9.80 Å². The van der Waals surface area contributed by atoms with E-state index in [1.807, 2.05) is 0 Å². The van der Waals surface area contributed by atoms with Crippen LogP contribution in [0.2, 0.25) is 0 Å². The second kappa shape index (κ2) is 16.8. The topological polar surface area (TPSA) is 6.48 Å². The second-order valence-electron chi connectivity index (χ2n) is 22.0. The molecule has 0 aromatic heterocycles. The molecule has 76 heavy (non-hydrogen) atoms. The molecule has 0 saturated heterocycles. The Morgan fingerprint density at radius 2 is 0.579 bits per heavy atom. The van der Waals surface area contributed by atoms with Crippen LogP contribution in [0, 0.1) is 0 Å². The van der Waals surface area contributed by atoms with Gasteiger partial charge in [0.2, 0.25) is 0 Å². The quantitative estimate of drug-likeness (QED) is 0.157. The number of hydrogen-bond acceptors (Lipinski definition) is 2. The molecule has 2 heteroatoms. The number of rotatable bonds is 7. The van der Waals surface area contributed by atoms with Gasteiger partial charge in [-0.25, -0.2) is 0 Å². The SMILES string of the molecule is C.CC1(C)c2ccccc2-c2ccc(N(c3ccccc3)c3ccc(-c4cccc5c4-c4ccc(N(c6ccccc6)c6ccc7c(c6)C(C)(C)c6ccccc6-7)cc4C54c5ccccc5-c5ccccc54)cc3)cc21.[HH]. The van der Waals surface area contributed by atoms with Crippen molar-refractivity contribution in [2.24, 2.45) is 0 Å². The monoisotopic (exact) mass is 976 g/mol. The van der Waals surface area contributed by atoms with Crippen molar-refractivity contribution in [3.63, 3.8) is 0 Å². The van der Waals surface area contributed by atoms with Gasteiger partial charge in [0.05, 0.1) is 5.41 Å². The van der Waals surface area contributed by atoms with E-state index in [2.05, 4.69) is 292 Å². The van der Waals surface area contributed by atoms with Crippen molar-refractivity contribution in [2.75, 3.05) is 9.80 Å². The molecule has 0 radical (unpaired) electrons. The number of nitrogens with zero attached hydrogens (tertiary/aromatic N) is 2. The smallest absolute Gasteiger partial charge is 0.0726 e. The van der Waals surface area contributed by atoms with E-state index in [1.165, 1.54) is 100 Å². The predicted octanol–water partition coefficient (Wildman–Crippen LogP) is 20.1. The molecule has 0 unspecified atom stereocenters. The molecule has 0 saturated carbocycles. The Kier molecular flexibility index (Phi) is 10.1. The van der Waals surface area contributed by atoms with E-state index in [0.29, 0.717) is 0 Å². The predicted molar refractivity (Wildman–Crippen MR) is 322 cm³/mol. The van der Waals surface area contributed by atoms with Crippen molar-refractivity contribution in [1.82, 2.24) is 0 Å². The fourth-order valence-electron chi connectivity index (χ4n) is 14.1. The highest BCUT2D eigenvalue weighted by atomic mass is 15.1. The van der Waals surface area contributed by atoms with Gasteiger partial charge in [0.25, 0.3) is 0 Å². The lowest BCUT2D eigenvalue weighted by Crippen LogP contribution is -2.26. The largest absolute Gasteiger partial charge is 0.310 e. The summed E-state index contributed by atoms with van der Waals surface area (Å²) >= 11 is 0. The van der Waals surface area contributed by atoms with Crippen LogP contribution in [-0.4, -0.2) is 0 Å². The van der Waals surface area contributed by atoms with Crippen molar-refractivity contribution >= 4 is 34.1 Å². The summed E-state index contributed by atoms with van der Waals surface area (Å²) in [5, 5.41) is 0. The maximum Gasteiger partial charge on any atom is 0.0726 e. The highest BCUT2D eigenvalue weighted by Crippen LogP contribution is 2.65. The third kappa shape index (κ3) is 6.28. The zero-order chi connectivity index (χ0) is 50.2. The zero-order valence-corrected chi connectivity index (χ0v) is 42.6. The third-order valence-corrected chi connectivity index (χ3v) is 17.5. The van der Waals surface area contributed by atoms with Gasteiger partial charge in [0.15, 0.2) is 0 Å². The number of anilines is 6. The van der Waals surface area contributed by atoms with E-state index in [4.69, 9.17) is 0 Å². The van der Waals surface area contributed by atoms with Crippen LogP contribution in [0.25, 0.3) is 55.6 Å². The molecule has 11 aromatic carbocycles. The molecule has 0 fully saturated rings. The summed E-state index contributed by atoms with van der Waals surface area (Å²) in [6.45, 7) is 9.47. The molecule has 2 nitrogen and oxygen atoms in total. The van der Waals surface area contributed by atoms with Crippen LogP contribution in [0.4, 0.5) is 34.1 Å². The minimum Gasteiger partial charge on any atom is -0.310 e. The summed E-state index contributed by atoms with van der Waals surface area (Å²) in [6, 6.07) is 95.7. The lowest BCUT2D eigenvalue weighted by Gasteiger charge is -2.32. The van der Waals surface area contributed by atoms with Crippen LogP contribution in [0.5, 0.6) is 0 Å². The van der Waals surface area contributed by atoms with E-state index in [1.54, 1.807) is 0 Å². The first-order valence-corrected chi connectivity index (χ1v) is 26.5. The van der Waals surface area contributed by atoms with Gasteiger partial charge >= 0.3 is 0 Å². The van der Waals surface area contributed by atoms with Gasteiger partial charge in [0.1, 0.15) is 0 Å². The Balaban J connectivity index is 0.00000283. The summed E-state index contributed by atoms with van der Waals surface area (Å²) in [4.78, 5) is 4.89. The van der Waals surface area contributed by atoms with E-state index in [-0.39, 0.29) is 19.7 Å². The molecule has 15 rings (SSSR count). The lowest BCUT2D eigenvalue weighted by atomic mass is 9.70. The fourth-order valence-corrected chi connectivity index (χ4v) is 14.1. The Morgan fingerprint density at radius 1 is 0.250 bits per heavy atom. The molecule has 366 valence electrons. The zero-order valence-electron chi connectivity index (χ0n) is 42.6. The normalized spacial score (nSPS) is 14.5. The summed E-state index contributed by atoms with van der Waals surface area (Å²) in [6.07, 6.45) is 0. The first-order valence-electron chi connectivity index (χ1n) is 26.5. The van der Waals surface area contributed by atoms with Crippen molar-refractivity contribution in [2.45, 2.75) is 51.4 Å². The molecule has 0 aliphatic heterocycles. The van der Waals surface area contributed by atoms with Gasteiger partial charge in [-0.2, -0.15) is 0 Å². The molecular formula is C74H60N2. The van der Waals surface area contributed by atoms with Crippen LogP contribution in [0.15, 0.2) is 255 Å². The van der Waals surface area contributed by atoms with E-state index in [0.717, 1.165) is 34.1 Å². The van der Waals surface area contributed by atoms with Crippen LogP contribution >= 0.6 is 0 Å². The van der Waals surface area contributed by atoms with Gasteiger partial charge in [-0.15, -0.1) is 0 Å². The highest BCUT2D eigenvalue weighted by Gasteiger charge is 2.52. The molecule has 0 atom stereocenters. The van der Waals surface area contributed by atoms with Crippen molar-refractivity contribution in [3.05, 3.63) is 299 Å². The van der Waals surface area contributed by atoms with Crippen molar-refractivity contribution < 1.29 is 1.43 Å². The Hall–Kier alpha value is -8.98. The molecule has 11 aromatic rings. The van der Waals surface area contributed by atoms with Crippen molar-refractivity contribution in [3.8, 4) is 55.6 Å². The first kappa shape index (κ1) is 45.6. The third-order valence-electron chi connectivity index (χ3n) is 17.5. The number of benzene rings is 11. The van der Waals surface area contributed by atoms with Gasteiger partial charge in [0, 0.05) is 46.4 Å². The van der Waals surface area contributed by atoms with Gasteiger partial charge in [-0.05, 0) is 173 Å². The Bertz CT molecular complexity index is 4090. The molecule has 0 N–H and O–H groups in total. The maximum atomic E-state index is 2.52. The number of fused-ring (bicyclic) bond motifs is 16. The minimum atomic E-state index is -0.543. The molecule has 4 aliphatic carbocycles. The van der Waals surface area contributed by atoms with Crippen molar-refractivity contribution in [1.29, 1.82) is 0 Å². The van der Waals surface area contributed by atoms with E-state index >= 15 is 0 Å². The summed E-state index contributed by atoms with van der Waals surface area (Å²) in [7, 11) is 0. The molecule has 1 spiro atoms.